The lowest BCUT2D eigenvalue weighted by Crippen LogP contribution is -2.40. The smallest absolute Gasteiger partial charge is 0.307 e. The Bertz CT molecular complexity index is 409. The number of carbonyl (C=O) groups excluding carboxylic acids is 1. The number of rotatable bonds is 9. The minimum absolute atomic E-state index is 0.0145. The summed E-state index contributed by atoms with van der Waals surface area (Å²) in [6, 6.07) is 0. The summed E-state index contributed by atoms with van der Waals surface area (Å²) in [6.07, 6.45) is 5.43. The molecule has 0 aliphatic heterocycles. The molecule has 6 heteroatoms. The van der Waals surface area contributed by atoms with Crippen LogP contribution in [-0.2, 0) is 19.1 Å². The van der Waals surface area contributed by atoms with Crippen LogP contribution in [0.25, 0.3) is 0 Å². The highest BCUT2D eigenvalue weighted by molar-refractivity contribution is 5.86. The molecule has 0 heterocycles. The molecule has 1 amide bonds. The van der Waals surface area contributed by atoms with Crippen LogP contribution < -0.4 is 5.32 Å². The number of carboxylic acids is 1. The molecule has 2 unspecified atom stereocenters. The van der Waals surface area contributed by atoms with E-state index in [-0.39, 0.29) is 17.7 Å². The van der Waals surface area contributed by atoms with Gasteiger partial charge in [0.15, 0.2) is 0 Å². The van der Waals surface area contributed by atoms with Crippen LogP contribution in [0.15, 0.2) is 12.2 Å². The fourth-order valence-electron chi connectivity index (χ4n) is 3.26. The number of aliphatic carboxylic acids is 1. The lowest BCUT2D eigenvalue weighted by molar-refractivity contribution is -0.147. The topological polar surface area (TPSA) is 84.9 Å². The zero-order valence-corrected chi connectivity index (χ0v) is 12.3. The first-order valence-electron chi connectivity index (χ1n) is 7.40. The first-order chi connectivity index (χ1) is 10.1. The average Bonchev–Trinajstić information content (AvgIpc) is 3.06. The molecule has 2 aliphatic rings. The summed E-state index contributed by atoms with van der Waals surface area (Å²) in [6.45, 7) is 2.17. The summed E-state index contributed by atoms with van der Waals surface area (Å²) in [5.74, 6) is -1.91. The molecule has 0 saturated heterocycles. The lowest BCUT2D eigenvalue weighted by atomic mass is 9.82. The average molecular weight is 297 g/mol. The van der Waals surface area contributed by atoms with Gasteiger partial charge >= 0.3 is 5.97 Å². The number of allylic oxidation sites excluding steroid dienone is 2. The van der Waals surface area contributed by atoms with Gasteiger partial charge in [-0.1, -0.05) is 12.2 Å². The molecule has 0 aromatic carbocycles. The van der Waals surface area contributed by atoms with Crippen molar-refractivity contribution in [1.29, 1.82) is 0 Å². The fraction of sp³-hybridized carbons (Fsp3) is 0.733. The predicted octanol–water partition coefficient (Wildman–Crippen LogP) is 0.679. The maximum absolute atomic E-state index is 12.2. The Morgan fingerprint density at radius 1 is 1.19 bits per heavy atom. The predicted molar refractivity (Wildman–Crippen MR) is 75.7 cm³/mol. The van der Waals surface area contributed by atoms with E-state index < -0.39 is 17.8 Å². The van der Waals surface area contributed by atoms with E-state index >= 15 is 0 Å². The number of hydrogen-bond donors (Lipinski definition) is 2. The number of amides is 1. The van der Waals surface area contributed by atoms with Crippen LogP contribution in [0.3, 0.4) is 0 Å². The van der Waals surface area contributed by atoms with Crippen LogP contribution in [-0.4, -0.2) is 50.5 Å². The summed E-state index contributed by atoms with van der Waals surface area (Å²) in [5.41, 5.74) is 0. The maximum Gasteiger partial charge on any atom is 0.307 e. The Kier molecular flexibility index (Phi) is 5.76. The van der Waals surface area contributed by atoms with E-state index in [9.17, 15) is 14.7 Å². The zero-order valence-electron chi connectivity index (χ0n) is 12.3. The van der Waals surface area contributed by atoms with E-state index in [2.05, 4.69) is 5.32 Å². The molecule has 1 fully saturated rings. The van der Waals surface area contributed by atoms with Gasteiger partial charge in [0.05, 0.1) is 25.0 Å². The van der Waals surface area contributed by atoms with Crippen molar-refractivity contribution in [3.8, 4) is 0 Å². The highest BCUT2D eigenvalue weighted by atomic mass is 16.5. The maximum atomic E-state index is 12.2. The minimum atomic E-state index is -0.866. The molecule has 2 aliphatic carbocycles. The number of ether oxygens (including phenoxy) is 2. The van der Waals surface area contributed by atoms with Crippen LogP contribution in [0.1, 0.15) is 12.8 Å². The molecule has 2 bridgehead atoms. The highest BCUT2D eigenvalue weighted by Gasteiger charge is 2.51. The molecular formula is C15H23NO5. The number of hydrogen-bond acceptors (Lipinski definition) is 4. The first kappa shape index (κ1) is 16.0. The van der Waals surface area contributed by atoms with Gasteiger partial charge in [-0.2, -0.15) is 0 Å². The summed E-state index contributed by atoms with van der Waals surface area (Å²) in [5, 5.41) is 12.1. The molecule has 4 atom stereocenters. The van der Waals surface area contributed by atoms with Crippen molar-refractivity contribution in [3.63, 3.8) is 0 Å². The van der Waals surface area contributed by atoms with Gasteiger partial charge in [-0.05, 0) is 24.7 Å². The summed E-state index contributed by atoms with van der Waals surface area (Å²) in [4.78, 5) is 23.6. The van der Waals surface area contributed by atoms with Crippen LogP contribution in [0.5, 0.6) is 0 Å². The third-order valence-corrected chi connectivity index (χ3v) is 4.24. The second-order valence-electron chi connectivity index (χ2n) is 5.59. The van der Waals surface area contributed by atoms with Gasteiger partial charge in [0.1, 0.15) is 0 Å². The van der Waals surface area contributed by atoms with E-state index in [1.165, 1.54) is 0 Å². The van der Waals surface area contributed by atoms with Crippen molar-refractivity contribution < 1.29 is 24.2 Å². The molecule has 0 spiro atoms. The number of nitrogens with one attached hydrogen (secondary N) is 1. The summed E-state index contributed by atoms with van der Waals surface area (Å²) < 4.78 is 10.2. The Hall–Kier alpha value is -1.40. The lowest BCUT2D eigenvalue weighted by Gasteiger charge is -2.23. The van der Waals surface area contributed by atoms with Gasteiger partial charge in [0, 0.05) is 20.3 Å². The SMILES string of the molecule is COCCOCCCNC(=O)[C@H]1C2C=CC(C2)[C@H]1C(=O)O. The van der Waals surface area contributed by atoms with Gasteiger partial charge in [-0.15, -0.1) is 0 Å². The van der Waals surface area contributed by atoms with Gasteiger partial charge in [0.2, 0.25) is 5.91 Å². The first-order valence-corrected chi connectivity index (χ1v) is 7.40. The molecule has 21 heavy (non-hydrogen) atoms. The van der Waals surface area contributed by atoms with E-state index in [4.69, 9.17) is 9.47 Å². The number of fused-ring (bicyclic) bond motifs is 2. The largest absolute Gasteiger partial charge is 0.481 e. The number of carboxylic acid groups (broad SMARTS) is 1. The minimum Gasteiger partial charge on any atom is -0.481 e. The molecule has 1 saturated carbocycles. The summed E-state index contributed by atoms with van der Waals surface area (Å²) >= 11 is 0. The highest BCUT2D eigenvalue weighted by Crippen LogP contribution is 2.48. The Balaban J connectivity index is 1.71. The molecule has 0 aromatic heterocycles. The molecule has 0 radical (unpaired) electrons. The molecular weight excluding hydrogens is 274 g/mol. The molecule has 2 rings (SSSR count). The van der Waals surface area contributed by atoms with Crippen molar-refractivity contribution in [2.24, 2.45) is 23.7 Å². The van der Waals surface area contributed by atoms with Crippen molar-refractivity contribution in [1.82, 2.24) is 5.32 Å². The van der Waals surface area contributed by atoms with E-state index in [1.54, 1.807) is 7.11 Å². The van der Waals surface area contributed by atoms with Crippen molar-refractivity contribution in [2.45, 2.75) is 12.8 Å². The van der Waals surface area contributed by atoms with E-state index in [0.29, 0.717) is 32.8 Å². The fourth-order valence-corrected chi connectivity index (χ4v) is 3.26. The van der Waals surface area contributed by atoms with E-state index in [0.717, 1.165) is 6.42 Å². The molecule has 6 nitrogen and oxygen atoms in total. The Labute approximate surface area is 124 Å². The van der Waals surface area contributed by atoms with Crippen LogP contribution in [0.2, 0.25) is 0 Å². The van der Waals surface area contributed by atoms with Crippen LogP contribution in [0.4, 0.5) is 0 Å². The Morgan fingerprint density at radius 3 is 2.57 bits per heavy atom. The third kappa shape index (κ3) is 3.83. The van der Waals surface area contributed by atoms with Crippen LogP contribution in [0, 0.1) is 23.7 Å². The van der Waals surface area contributed by atoms with Gasteiger partial charge in [-0.25, -0.2) is 0 Å². The van der Waals surface area contributed by atoms with Gasteiger partial charge in [-0.3, -0.25) is 9.59 Å². The Morgan fingerprint density at radius 2 is 1.90 bits per heavy atom. The van der Waals surface area contributed by atoms with Crippen molar-refractivity contribution in [2.75, 3.05) is 33.5 Å². The van der Waals surface area contributed by atoms with Crippen molar-refractivity contribution in [3.05, 3.63) is 12.2 Å². The quantitative estimate of drug-likeness (QED) is 0.483. The van der Waals surface area contributed by atoms with Crippen molar-refractivity contribution >= 4 is 11.9 Å². The third-order valence-electron chi connectivity index (χ3n) is 4.24. The van der Waals surface area contributed by atoms with Crippen LogP contribution >= 0.6 is 0 Å². The number of carbonyl (C=O) groups is 2. The molecule has 0 aromatic rings. The zero-order chi connectivity index (χ0) is 15.2. The van der Waals surface area contributed by atoms with E-state index in [1.807, 2.05) is 12.2 Å². The normalized spacial score (nSPS) is 29.8. The standard InChI is InChI=1S/C15H23NO5/c1-20-7-8-21-6-2-5-16-14(17)12-10-3-4-11(9-10)13(12)15(18)19/h3-4,10-13H,2,5-9H2,1H3,(H,16,17)(H,18,19)/t10?,11?,12-,13+/m0/s1. The summed E-state index contributed by atoms with van der Waals surface area (Å²) in [7, 11) is 1.62. The monoisotopic (exact) mass is 297 g/mol. The second kappa shape index (κ2) is 7.56. The molecule has 118 valence electrons. The molecule has 2 N–H and O–H groups in total. The van der Waals surface area contributed by atoms with Gasteiger partial charge < -0.3 is 19.9 Å². The van der Waals surface area contributed by atoms with Gasteiger partial charge in [0.25, 0.3) is 0 Å². The number of methoxy groups -OCH3 is 1. The second-order valence-corrected chi connectivity index (χ2v) is 5.59.